The molecule has 4 heteroatoms. The Morgan fingerprint density at radius 2 is 2.14 bits per heavy atom. The smallest absolute Gasteiger partial charge is 0.124 e. The Labute approximate surface area is 86.2 Å². The molecule has 0 aliphatic carbocycles. The minimum Gasteiger partial charge on any atom is -0.384 e. The first-order chi connectivity index (χ1) is 6.68. The molecule has 1 unspecified atom stereocenters. The lowest BCUT2D eigenvalue weighted by molar-refractivity contribution is 0.153. The van der Waals surface area contributed by atoms with Crippen molar-refractivity contribution >= 4 is 21.6 Å². The monoisotopic (exact) mass is 208 g/mol. The Morgan fingerprint density at radius 3 is 2.79 bits per heavy atom. The van der Waals surface area contributed by atoms with Gasteiger partial charge in [-0.25, -0.2) is 4.98 Å². The van der Waals surface area contributed by atoms with Gasteiger partial charge < -0.3 is 10.8 Å². The van der Waals surface area contributed by atoms with Crippen LogP contribution in [-0.2, 0) is 0 Å². The van der Waals surface area contributed by atoms with E-state index in [2.05, 4.69) is 4.98 Å². The predicted octanol–water partition coefficient (Wildman–Crippen LogP) is 1.68. The SMILES string of the molecule is C[C@H](N)C(O)c1nc2ccccc2s1. The molecule has 1 heterocycles. The quantitative estimate of drug-likeness (QED) is 0.789. The summed E-state index contributed by atoms with van der Waals surface area (Å²) in [5.41, 5.74) is 6.53. The molecule has 1 aromatic heterocycles. The van der Waals surface area contributed by atoms with Gasteiger partial charge in [-0.05, 0) is 19.1 Å². The summed E-state index contributed by atoms with van der Waals surface area (Å²) in [7, 11) is 0. The molecule has 0 aliphatic rings. The van der Waals surface area contributed by atoms with Crippen molar-refractivity contribution in [2.24, 2.45) is 5.73 Å². The van der Waals surface area contributed by atoms with Gasteiger partial charge in [0.2, 0.25) is 0 Å². The first kappa shape index (κ1) is 9.58. The third-order valence-electron chi connectivity index (χ3n) is 2.06. The van der Waals surface area contributed by atoms with Gasteiger partial charge in [0, 0.05) is 6.04 Å². The van der Waals surface area contributed by atoms with Crippen LogP contribution in [0.5, 0.6) is 0 Å². The average Bonchev–Trinajstić information content (AvgIpc) is 2.59. The lowest BCUT2D eigenvalue weighted by Gasteiger charge is -2.10. The summed E-state index contributed by atoms with van der Waals surface area (Å²) in [6.07, 6.45) is -0.660. The first-order valence-corrected chi connectivity index (χ1v) is 5.29. The normalized spacial score (nSPS) is 15.6. The van der Waals surface area contributed by atoms with Gasteiger partial charge >= 0.3 is 0 Å². The average molecular weight is 208 g/mol. The number of nitrogens with zero attached hydrogens (tertiary/aromatic N) is 1. The predicted molar refractivity (Wildman–Crippen MR) is 58.2 cm³/mol. The molecule has 2 atom stereocenters. The summed E-state index contributed by atoms with van der Waals surface area (Å²) < 4.78 is 1.09. The fraction of sp³-hybridized carbons (Fsp3) is 0.300. The summed E-state index contributed by atoms with van der Waals surface area (Å²) in [6, 6.07) is 7.54. The fourth-order valence-corrected chi connectivity index (χ4v) is 2.31. The molecule has 0 saturated heterocycles. The number of para-hydroxylation sites is 1. The number of thiazole rings is 1. The van der Waals surface area contributed by atoms with Gasteiger partial charge in [-0.15, -0.1) is 11.3 Å². The summed E-state index contributed by atoms with van der Waals surface area (Å²) in [5, 5.41) is 10.4. The Bertz CT molecular complexity index is 405. The van der Waals surface area contributed by atoms with Crippen LogP contribution in [0.2, 0.25) is 0 Å². The van der Waals surface area contributed by atoms with E-state index in [0.29, 0.717) is 5.01 Å². The minimum absolute atomic E-state index is 0.282. The topological polar surface area (TPSA) is 59.1 Å². The molecule has 0 bridgehead atoms. The molecule has 1 aromatic carbocycles. The highest BCUT2D eigenvalue weighted by atomic mass is 32.1. The van der Waals surface area contributed by atoms with E-state index >= 15 is 0 Å². The molecule has 2 aromatic rings. The second-order valence-corrected chi connectivity index (χ2v) is 4.39. The molecule has 0 aliphatic heterocycles. The first-order valence-electron chi connectivity index (χ1n) is 4.47. The van der Waals surface area contributed by atoms with Crippen LogP contribution in [0.3, 0.4) is 0 Å². The number of aromatic nitrogens is 1. The van der Waals surface area contributed by atoms with Crippen LogP contribution in [-0.4, -0.2) is 16.1 Å². The minimum atomic E-state index is -0.660. The van der Waals surface area contributed by atoms with Crippen LogP contribution in [0.4, 0.5) is 0 Å². The lowest BCUT2D eigenvalue weighted by atomic mass is 10.2. The van der Waals surface area contributed by atoms with E-state index in [9.17, 15) is 5.11 Å². The van der Waals surface area contributed by atoms with E-state index in [4.69, 9.17) is 5.73 Å². The van der Waals surface area contributed by atoms with Gasteiger partial charge in [-0.3, -0.25) is 0 Å². The van der Waals surface area contributed by atoms with Gasteiger partial charge in [-0.2, -0.15) is 0 Å². The molecule has 3 N–H and O–H groups in total. The molecule has 74 valence electrons. The number of fused-ring (bicyclic) bond motifs is 1. The van der Waals surface area contributed by atoms with Gasteiger partial charge in [0.25, 0.3) is 0 Å². The highest BCUT2D eigenvalue weighted by Crippen LogP contribution is 2.27. The van der Waals surface area contributed by atoms with Crippen LogP contribution in [0.1, 0.15) is 18.0 Å². The largest absolute Gasteiger partial charge is 0.384 e. The summed E-state index contributed by atoms with van der Waals surface area (Å²) in [5.74, 6) is 0. The van der Waals surface area contributed by atoms with Gasteiger partial charge in [0.1, 0.15) is 11.1 Å². The molecule has 0 saturated carbocycles. The molecule has 0 radical (unpaired) electrons. The number of rotatable bonds is 2. The Kier molecular flexibility index (Phi) is 2.50. The number of nitrogens with two attached hydrogens (primary N) is 1. The molecular formula is C10H12N2OS. The second-order valence-electron chi connectivity index (χ2n) is 3.32. The van der Waals surface area contributed by atoms with Gasteiger partial charge in [-0.1, -0.05) is 12.1 Å². The third-order valence-corrected chi connectivity index (χ3v) is 3.17. The highest BCUT2D eigenvalue weighted by molar-refractivity contribution is 7.18. The Morgan fingerprint density at radius 1 is 1.43 bits per heavy atom. The van der Waals surface area contributed by atoms with E-state index < -0.39 is 6.10 Å². The van der Waals surface area contributed by atoms with Crippen molar-refractivity contribution in [3.05, 3.63) is 29.3 Å². The van der Waals surface area contributed by atoms with Crippen LogP contribution in [0, 0.1) is 0 Å². The van der Waals surface area contributed by atoms with Crippen LogP contribution in [0.15, 0.2) is 24.3 Å². The van der Waals surface area contributed by atoms with Crippen molar-refractivity contribution < 1.29 is 5.11 Å². The lowest BCUT2D eigenvalue weighted by Crippen LogP contribution is -2.24. The van der Waals surface area contributed by atoms with Gasteiger partial charge in [0.15, 0.2) is 0 Å². The van der Waals surface area contributed by atoms with Crippen molar-refractivity contribution in [2.45, 2.75) is 19.1 Å². The van der Waals surface area contributed by atoms with E-state index in [1.165, 1.54) is 11.3 Å². The molecular weight excluding hydrogens is 196 g/mol. The van der Waals surface area contributed by atoms with Crippen molar-refractivity contribution in [1.29, 1.82) is 0 Å². The molecule has 3 nitrogen and oxygen atoms in total. The van der Waals surface area contributed by atoms with Crippen LogP contribution < -0.4 is 5.73 Å². The maximum absolute atomic E-state index is 9.72. The second kappa shape index (κ2) is 3.65. The summed E-state index contributed by atoms with van der Waals surface area (Å²) in [4.78, 5) is 4.32. The van der Waals surface area contributed by atoms with Crippen LogP contribution >= 0.6 is 11.3 Å². The van der Waals surface area contributed by atoms with Crippen molar-refractivity contribution in [1.82, 2.24) is 4.98 Å². The standard InChI is InChI=1S/C10H12N2OS/c1-6(11)9(13)10-12-7-4-2-3-5-8(7)14-10/h2-6,9,13H,11H2,1H3/t6-,9?/m0/s1. The molecule has 14 heavy (non-hydrogen) atoms. The summed E-state index contributed by atoms with van der Waals surface area (Å²) in [6.45, 7) is 1.77. The van der Waals surface area contributed by atoms with Crippen molar-refractivity contribution in [2.75, 3.05) is 0 Å². The Balaban J connectivity index is 2.45. The molecule has 0 fully saturated rings. The molecule has 0 spiro atoms. The van der Waals surface area contributed by atoms with E-state index in [-0.39, 0.29) is 6.04 Å². The van der Waals surface area contributed by atoms with Crippen molar-refractivity contribution in [3.63, 3.8) is 0 Å². The number of benzene rings is 1. The zero-order valence-electron chi connectivity index (χ0n) is 7.84. The van der Waals surface area contributed by atoms with E-state index in [0.717, 1.165) is 10.2 Å². The molecule has 2 rings (SSSR count). The zero-order chi connectivity index (χ0) is 10.1. The highest BCUT2D eigenvalue weighted by Gasteiger charge is 2.16. The Hall–Kier alpha value is -0.970. The third kappa shape index (κ3) is 1.64. The zero-order valence-corrected chi connectivity index (χ0v) is 8.66. The number of aliphatic hydroxyl groups excluding tert-OH is 1. The maximum atomic E-state index is 9.72. The number of hydrogen-bond acceptors (Lipinski definition) is 4. The maximum Gasteiger partial charge on any atom is 0.124 e. The van der Waals surface area contributed by atoms with Crippen LogP contribution in [0.25, 0.3) is 10.2 Å². The molecule has 0 amide bonds. The van der Waals surface area contributed by atoms with Gasteiger partial charge in [0.05, 0.1) is 10.2 Å². The number of aliphatic hydroxyl groups is 1. The number of hydrogen-bond donors (Lipinski definition) is 2. The van der Waals surface area contributed by atoms with E-state index in [1.54, 1.807) is 6.92 Å². The van der Waals surface area contributed by atoms with Crippen molar-refractivity contribution in [3.8, 4) is 0 Å². The fourth-order valence-electron chi connectivity index (χ4n) is 1.24. The summed E-state index contributed by atoms with van der Waals surface area (Å²) >= 11 is 1.49. The van der Waals surface area contributed by atoms with E-state index in [1.807, 2.05) is 24.3 Å².